The van der Waals surface area contributed by atoms with E-state index in [1.54, 1.807) is 0 Å². The van der Waals surface area contributed by atoms with Crippen LogP contribution >= 0.6 is 0 Å². The molecule has 0 spiro atoms. The Morgan fingerprint density at radius 1 is 0.786 bits per heavy atom. The molecular weight excluding hydrogens is 174 g/mol. The van der Waals surface area contributed by atoms with Crippen LogP contribution in [-0.2, 0) is 0 Å². The Bertz CT molecular complexity index is 166. The third-order valence-electron chi connectivity index (χ3n) is 3.80. The highest BCUT2D eigenvalue weighted by molar-refractivity contribution is 4.83. The van der Waals surface area contributed by atoms with Crippen molar-refractivity contribution in [1.29, 1.82) is 0 Å². The Morgan fingerprint density at radius 3 is 2.21 bits per heavy atom. The molecule has 1 aliphatic carbocycles. The highest BCUT2D eigenvalue weighted by Crippen LogP contribution is 2.24. The second kappa shape index (κ2) is 5.13. The van der Waals surface area contributed by atoms with Crippen LogP contribution in [-0.4, -0.2) is 35.2 Å². The molecule has 0 bridgehead atoms. The summed E-state index contributed by atoms with van der Waals surface area (Å²) in [6, 6.07) is 0.484. The summed E-state index contributed by atoms with van der Waals surface area (Å²) in [4.78, 5) is 2.54. The predicted molar refractivity (Wildman–Crippen MR) is 58.3 cm³/mol. The van der Waals surface area contributed by atoms with Crippen LogP contribution < -0.4 is 0 Å². The molecule has 1 saturated heterocycles. The molecule has 2 fully saturated rings. The molecule has 0 aromatic carbocycles. The third-order valence-corrected chi connectivity index (χ3v) is 3.80. The second-order valence-corrected chi connectivity index (χ2v) is 4.87. The van der Waals surface area contributed by atoms with Gasteiger partial charge >= 0.3 is 0 Å². The van der Waals surface area contributed by atoms with E-state index in [0.717, 1.165) is 6.42 Å². The van der Waals surface area contributed by atoms with Gasteiger partial charge in [-0.15, -0.1) is 0 Å². The molecule has 2 aliphatic rings. The Labute approximate surface area is 87.3 Å². The van der Waals surface area contributed by atoms with E-state index < -0.39 is 0 Å². The molecule has 0 radical (unpaired) electrons. The maximum Gasteiger partial charge on any atom is 0.0695 e. The van der Waals surface area contributed by atoms with Gasteiger partial charge in [-0.1, -0.05) is 25.7 Å². The summed E-state index contributed by atoms with van der Waals surface area (Å²) >= 11 is 0. The van der Waals surface area contributed by atoms with Crippen molar-refractivity contribution in [2.75, 3.05) is 13.1 Å². The van der Waals surface area contributed by atoms with Crippen molar-refractivity contribution < 1.29 is 5.11 Å². The Hall–Kier alpha value is -0.0800. The highest BCUT2D eigenvalue weighted by atomic mass is 16.3. The normalized spacial score (nSPS) is 36.6. The molecule has 1 aliphatic heterocycles. The van der Waals surface area contributed by atoms with Gasteiger partial charge in [0.25, 0.3) is 0 Å². The van der Waals surface area contributed by atoms with Gasteiger partial charge in [-0.3, -0.25) is 4.90 Å². The number of rotatable bonds is 1. The molecule has 0 aromatic heterocycles. The number of aliphatic hydroxyl groups is 1. The zero-order valence-electron chi connectivity index (χ0n) is 9.12. The number of hydrogen-bond donors (Lipinski definition) is 1. The van der Waals surface area contributed by atoms with Gasteiger partial charge in [0.15, 0.2) is 0 Å². The van der Waals surface area contributed by atoms with E-state index in [1.165, 1.54) is 58.0 Å². The van der Waals surface area contributed by atoms with E-state index in [-0.39, 0.29) is 6.10 Å². The van der Waals surface area contributed by atoms with Gasteiger partial charge in [0, 0.05) is 6.04 Å². The minimum atomic E-state index is -0.0457. The largest absolute Gasteiger partial charge is 0.391 e. The van der Waals surface area contributed by atoms with Gasteiger partial charge in [0.1, 0.15) is 0 Å². The van der Waals surface area contributed by atoms with Crippen LogP contribution in [0.1, 0.15) is 51.4 Å². The fraction of sp³-hybridized carbons (Fsp3) is 1.00. The Balaban J connectivity index is 1.91. The lowest BCUT2D eigenvalue weighted by atomic mass is 10.0. The maximum atomic E-state index is 10.1. The summed E-state index contributed by atoms with van der Waals surface area (Å²) in [6.45, 7) is 2.45. The van der Waals surface area contributed by atoms with Crippen molar-refractivity contribution in [3.8, 4) is 0 Å². The van der Waals surface area contributed by atoms with E-state index in [2.05, 4.69) is 4.90 Å². The van der Waals surface area contributed by atoms with Crippen LogP contribution in [0.5, 0.6) is 0 Å². The fourth-order valence-corrected chi connectivity index (χ4v) is 2.94. The summed E-state index contributed by atoms with van der Waals surface area (Å²) in [5.41, 5.74) is 0. The van der Waals surface area contributed by atoms with Crippen molar-refractivity contribution in [1.82, 2.24) is 4.90 Å². The molecule has 0 unspecified atom stereocenters. The first-order valence-electron chi connectivity index (χ1n) is 6.30. The van der Waals surface area contributed by atoms with Gasteiger partial charge in [-0.05, 0) is 38.8 Å². The van der Waals surface area contributed by atoms with Crippen molar-refractivity contribution in [3.05, 3.63) is 0 Å². The maximum absolute atomic E-state index is 10.1. The first-order valence-corrected chi connectivity index (χ1v) is 6.30. The zero-order valence-corrected chi connectivity index (χ0v) is 9.12. The summed E-state index contributed by atoms with van der Waals surface area (Å²) in [6.07, 6.45) is 10.1. The van der Waals surface area contributed by atoms with Crippen molar-refractivity contribution >= 4 is 0 Å². The molecule has 0 amide bonds. The minimum Gasteiger partial charge on any atom is -0.391 e. The van der Waals surface area contributed by atoms with Crippen LogP contribution in [0.2, 0.25) is 0 Å². The van der Waals surface area contributed by atoms with Gasteiger partial charge in [-0.25, -0.2) is 0 Å². The number of likely N-dealkylation sites (tertiary alicyclic amines) is 1. The first kappa shape index (κ1) is 10.4. The van der Waals surface area contributed by atoms with Crippen LogP contribution in [0.15, 0.2) is 0 Å². The van der Waals surface area contributed by atoms with Crippen LogP contribution in [0.3, 0.4) is 0 Å². The Kier molecular flexibility index (Phi) is 3.82. The van der Waals surface area contributed by atoms with Crippen molar-refractivity contribution in [2.24, 2.45) is 0 Å². The summed E-state index contributed by atoms with van der Waals surface area (Å²) in [5.74, 6) is 0. The van der Waals surface area contributed by atoms with Gasteiger partial charge in [-0.2, -0.15) is 0 Å². The molecule has 1 heterocycles. The molecular formula is C12H23NO. The summed E-state index contributed by atoms with van der Waals surface area (Å²) in [7, 11) is 0. The average Bonchev–Trinajstić information content (AvgIpc) is 2.44. The lowest BCUT2D eigenvalue weighted by molar-refractivity contribution is 0.0340. The van der Waals surface area contributed by atoms with Crippen LogP contribution in [0.4, 0.5) is 0 Å². The van der Waals surface area contributed by atoms with E-state index in [4.69, 9.17) is 0 Å². The molecule has 1 N–H and O–H groups in total. The minimum absolute atomic E-state index is 0.0457. The molecule has 2 heteroatoms. The van der Waals surface area contributed by atoms with Gasteiger partial charge < -0.3 is 5.11 Å². The van der Waals surface area contributed by atoms with Crippen molar-refractivity contribution in [3.63, 3.8) is 0 Å². The second-order valence-electron chi connectivity index (χ2n) is 4.87. The number of aliphatic hydroxyl groups excluding tert-OH is 1. The lowest BCUT2D eigenvalue weighted by Gasteiger charge is -2.36. The van der Waals surface area contributed by atoms with E-state index in [1.807, 2.05) is 0 Å². The third kappa shape index (κ3) is 2.48. The molecule has 82 valence electrons. The zero-order chi connectivity index (χ0) is 9.80. The highest BCUT2D eigenvalue weighted by Gasteiger charge is 2.27. The topological polar surface area (TPSA) is 23.5 Å². The SMILES string of the molecule is O[C@@H]1CCCCC[C@@H]1N1CCCCC1. The molecule has 1 saturated carbocycles. The lowest BCUT2D eigenvalue weighted by Crippen LogP contribution is -2.45. The molecule has 2 atom stereocenters. The van der Waals surface area contributed by atoms with Gasteiger partial charge in [0.2, 0.25) is 0 Å². The van der Waals surface area contributed by atoms with Gasteiger partial charge in [0.05, 0.1) is 6.10 Å². The van der Waals surface area contributed by atoms with Crippen molar-refractivity contribution in [2.45, 2.75) is 63.5 Å². The van der Waals surface area contributed by atoms with Crippen LogP contribution in [0, 0.1) is 0 Å². The van der Waals surface area contributed by atoms with E-state index in [0.29, 0.717) is 6.04 Å². The standard InChI is InChI=1S/C12H23NO/c14-12-8-4-1-3-7-11(12)13-9-5-2-6-10-13/h11-12,14H,1-10H2/t11-,12+/m0/s1. The van der Waals surface area contributed by atoms with E-state index >= 15 is 0 Å². The smallest absolute Gasteiger partial charge is 0.0695 e. The monoisotopic (exact) mass is 197 g/mol. The summed E-state index contributed by atoms with van der Waals surface area (Å²) < 4.78 is 0. The number of nitrogens with zero attached hydrogens (tertiary/aromatic N) is 1. The van der Waals surface area contributed by atoms with E-state index in [9.17, 15) is 5.11 Å². The van der Waals surface area contributed by atoms with Crippen LogP contribution in [0.25, 0.3) is 0 Å². The quantitative estimate of drug-likeness (QED) is 0.651. The molecule has 2 nitrogen and oxygen atoms in total. The average molecular weight is 197 g/mol. The summed E-state index contributed by atoms with van der Waals surface area (Å²) in [5, 5.41) is 10.1. The number of piperidine rings is 1. The predicted octanol–water partition coefficient (Wildman–Crippen LogP) is 2.17. The Morgan fingerprint density at radius 2 is 1.43 bits per heavy atom. The molecule has 14 heavy (non-hydrogen) atoms. The fourth-order valence-electron chi connectivity index (χ4n) is 2.94. The molecule has 0 aromatic rings. The number of hydrogen-bond acceptors (Lipinski definition) is 2. The molecule has 2 rings (SSSR count). The first-order chi connectivity index (χ1) is 6.88.